The molecule has 0 radical (unpaired) electrons. The lowest BCUT2D eigenvalue weighted by Gasteiger charge is -2.24. The van der Waals surface area contributed by atoms with Crippen LogP contribution in [0.25, 0.3) is 16.9 Å². The van der Waals surface area contributed by atoms with E-state index in [1.807, 2.05) is 35.7 Å². The molecular weight excluding hydrogens is 380 g/mol. The van der Waals surface area contributed by atoms with Gasteiger partial charge in [-0.3, -0.25) is 0 Å². The lowest BCUT2D eigenvalue weighted by molar-refractivity contribution is 0.477. The molecular formula is C20H22N10. The molecule has 4 aromatic heterocycles. The maximum Gasteiger partial charge on any atom is 0.228 e. The van der Waals surface area contributed by atoms with Gasteiger partial charge in [0.2, 0.25) is 5.95 Å². The van der Waals surface area contributed by atoms with Crippen molar-refractivity contribution >= 4 is 23.2 Å². The summed E-state index contributed by atoms with van der Waals surface area (Å²) in [7, 11) is 0. The highest BCUT2D eigenvalue weighted by molar-refractivity contribution is 5.63. The molecule has 5 rings (SSSR count). The summed E-state index contributed by atoms with van der Waals surface area (Å²) in [5, 5.41) is 22.8. The van der Waals surface area contributed by atoms with Crippen LogP contribution in [0.15, 0.2) is 42.9 Å². The van der Waals surface area contributed by atoms with E-state index in [9.17, 15) is 0 Å². The van der Waals surface area contributed by atoms with Crippen LogP contribution in [0.3, 0.4) is 0 Å². The molecule has 1 aliphatic heterocycles. The molecule has 0 atom stereocenters. The molecule has 0 aromatic carbocycles. The van der Waals surface area contributed by atoms with E-state index in [0.29, 0.717) is 17.8 Å². The number of rotatable bonds is 5. The van der Waals surface area contributed by atoms with Gasteiger partial charge in [0, 0.05) is 24.0 Å². The fraction of sp³-hybridized carbons (Fsp3) is 0.300. The fourth-order valence-electron chi connectivity index (χ4n) is 3.43. The van der Waals surface area contributed by atoms with E-state index in [0.717, 1.165) is 54.3 Å². The van der Waals surface area contributed by atoms with Crippen LogP contribution >= 0.6 is 0 Å². The number of aryl methyl sites for hydroxylation is 1. The van der Waals surface area contributed by atoms with E-state index in [-0.39, 0.29) is 0 Å². The van der Waals surface area contributed by atoms with Gasteiger partial charge in [0.25, 0.3) is 0 Å². The summed E-state index contributed by atoms with van der Waals surface area (Å²) in [4.78, 5) is 13.2. The van der Waals surface area contributed by atoms with E-state index in [2.05, 4.69) is 41.1 Å². The molecule has 0 saturated carbocycles. The Bertz CT molecular complexity index is 1130. The number of imidazole rings is 1. The molecule has 0 spiro atoms. The third kappa shape index (κ3) is 3.90. The van der Waals surface area contributed by atoms with E-state index >= 15 is 0 Å². The van der Waals surface area contributed by atoms with Crippen LogP contribution in [-0.4, -0.2) is 53.9 Å². The zero-order chi connectivity index (χ0) is 20.3. The quantitative estimate of drug-likeness (QED) is 0.461. The lowest BCUT2D eigenvalue weighted by atomic mass is 10.1. The van der Waals surface area contributed by atoms with Crippen molar-refractivity contribution in [2.24, 2.45) is 0 Å². The van der Waals surface area contributed by atoms with Gasteiger partial charge >= 0.3 is 0 Å². The number of hydrogen-bond donors (Lipinski definition) is 3. The molecule has 152 valence electrons. The Morgan fingerprint density at radius 1 is 0.933 bits per heavy atom. The van der Waals surface area contributed by atoms with Crippen LogP contribution in [0, 0.1) is 6.92 Å². The molecule has 10 heteroatoms. The van der Waals surface area contributed by atoms with Gasteiger partial charge < -0.3 is 16.0 Å². The Morgan fingerprint density at radius 3 is 2.50 bits per heavy atom. The molecule has 10 nitrogen and oxygen atoms in total. The van der Waals surface area contributed by atoms with Crippen molar-refractivity contribution < 1.29 is 0 Å². The first-order valence-corrected chi connectivity index (χ1v) is 9.96. The average Bonchev–Trinajstić information content (AvgIpc) is 3.20. The van der Waals surface area contributed by atoms with Crippen LogP contribution in [0.1, 0.15) is 18.5 Å². The molecule has 4 aromatic rings. The molecule has 1 saturated heterocycles. The van der Waals surface area contributed by atoms with Crippen molar-refractivity contribution in [3.63, 3.8) is 0 Å². The Hall–Kier alpha value is -3.66. The number of fused-ring (bicyclic) bond motifs is 1. The Labute approximate surface area is 173 Å². The third-order valence-corrected chi connectivity index (χ3v) is 5.04. The standard InChI is InChI=1S/C20H22N10/c1-13-2-3-17(28-27-13)26-20-23-10-14(11-24-20)16-12-22-19-5-4-18(29-30(16)19)25-15-6-8-21-9-7-15/h2-5,10-12,15,21H,6-9H2,1H3,(H,25,29)(H,23,24,26,28). The first kappa shape index (κ1) is 18.4. The van der Waals surface area contributed by atoms with Crippen molar-refractivity contribution in [3.8, 4) is 11.3 Å². The third-order valence-electron chi connectivity index (χ3n) is 5.04. The van der Waals surface area contributed by atoms with E-state index < -0.39 is 0 Å². The number of hydrogen-bond acceptors (Lipinski definition) is 9. The molecule has 0 bridgehead atoms. The van der Waals surface area contributed by atoms with Gasteiger partial charge in [-0.25, -0.2) is 19.5 Å². The van der Waals surface area contributed by atoms with E-state index in [1.54, 1.807) is 18.6 Å². The maximum atomic E-state index is 4.74. The molecule has 1 fully saturated rings. The molecule has 0 unspecified atom stereocenters. The van der Waals surface area contributed by atoms with E-state index in [4.69, 9.17) is 5.10 Å². The number of aromatic nitrogens is 7. The summed E-state index contributed by atoms with van der Waals surface area (Å²) < 4.78 is 1.82. The van der Waals surface area contributed by atoms with Crippen LogP contribution in [-0.2, 0) is 0 Å². The Balaban J connectivity index is 1.37. The summed E-state index contributed by atoms with van der Waals surface area (Å²) in [6.07, 6.45) is 7.45. The fourth-order valence-corrected chi connectivity index (χ4v) is 3.43. The summed E-state index contributed by atoms with van der Waals surface area (Å²) in [5.74, 6) is 1.89. The van der Waals surface area contributed by atoms with E-state index in [1.165, 1.54) is 0 Å². The summed E-state index contributed by atoms with van der Waals surface area (Å²) in [6.45, 7) is 3.95. The van der Waals surface area contributed by atoms with Crippen molar-refractivity contribution in [2.45, 2.75) is 25.8 Å². The zero-order valence-corrected chi connectivity index (χ0v) is 16.6. The predicted molar refractivity (Wildman–Crippen MR) is 114 cm³/mol. The number of nitrogens with one attached hydrogen (secondary N) is 3. The Kier molecular flexibility index (Phi) is 4.89. The largest absolute Gasteiger partial charge is 0.366 e. The molecule has 30 heavy (non-hydrogen) atoms. The Morgan fingerprint density at radius 2 is 1.73 bits per heavy atom. The van der Waals surface area contributed by atoms with Gasteiger partial charge in [-0.2, -0.15) is 5.10 Å². The first-order valence-electron chi connectivity index (χ1n) is 9.96. The number of anilines is 3. The molecule has 3 N–H and O–H groups in total. The summed E-state index contributed by atoms with van der Waals surface area (Å²) in [6, 6.07) is 8.09. The monoisotopic (exact) mass is 402 g/mol. The van der Waals surface area contributed by atoms with Crippen molar-refractivity contribution in [3.05, 3.63) is 48.5 Å². The second kappa shape index (κ2) is 7.99. The van der Waals surface area contributed by atoms with Crippen LogP contribution in [0.4, 0.5) is 17.6 Å². The highest BCUT2D eigenvalue weighted by atomic mass is 15.3. The minimum absolute atomic E-state index is 0.432. The highest BCUT2D eigenvalue weighted by Crippen LogP contribution is 2.21. The number of nitrogens with zero attached hydrogens (tertiary/aromatic N) is 7. The van der Waals surface area contributed by atoms with Crippen molar-refractivity contribution in [1.82, 2.24) is 40.1 Å². The normalized spacial score (nSPS) is 14.7. The minimum Gasteiger partial charge on any atom is -0.366 e. The smallest absolute Gasteiger partial charge is 0.228 e. The first-order chi connectivity index (χ1) is 14.7. The molecule has 0 amide bonds. The van der Waals surface area contributed by atoms with Crippen molar-refractivity contribution in [1.29, 1.82) is 0 Å². The zero-order valence-electron chi connectivity index (χ0n) is 16.6. The molecule has 0 aliphatic carbocycles. The van der Waals surface area contributed by atoms with Gasteiger partial charge in [-0.05, 0) is 57.1 Å². The second-order valence-electron chi connectivity index (χ2n) is 7.28. The number of piperidine rings is 1. The average molecular weight is 402 g/mol. The van der Waals surface area contributed by atoms with Gasteiger partial charge in [0.1, 0.15) is 5.82 Å². The SMILES string of the molecule is Cc1ccc(Nc2ncc(-c3cnc4ccc(NC5CCNCC5)nn34)cn2)nn1. The maximum absolute atomic E-state index is 4.74. The van der Waals surface area contributed by atoms with Gasteiger partial charge in [0.05, 0.1) is 17.6 Å². The van der Waals surface area contributed by atoms with Gasteiger partial charge in [-0.1, -0.05) is 0 Å². The highest BCUT2D eigenvalue weighted by Gasteiger charge is 2.14. The van der Waals surface area contributed by atoms with Crippen LogP contribution < -0.4 is 16.0 Å². The molecule has 5 heterocycles. The van der Waals surface area contributed by atoms with Gasteiger partial charge in [-0.15, -0.1) is 10.2 Å². The lowest BCUT2D eigenvalue weighted by Crippen LogP contribution is -2.35. The topological polar surface area (TPSA) is 118 Å². The summed E-state index contributed by atoms with van der Waals surface area (Å²) in [5.41, 5.74) is 3.29. The van der Waals surface area contributed by atoms with Gasteiger partial charge in [0.15, 0.2) is 11.5 Å². The second-order valence-corrected chi connectivity index (χ2v) is 7.28. The van der Waals surface area contributed by atoms with Crippen LogP contribution in [0.5, 0.6) is 0 Å². The van der Waals surface area contributed by atoms with Crippen LogP contribution in [0.2, 0.25) is 0 Å². The predicted octanol–water partition coefficient (Wildman–Crippen LogP) is 2.19. The molecule has 1 aliphatic rings. The minimum atomic E-state index is 0.432. The summed E-state index contributed by atoms with van der Waals surface area (Å²) >= 11 is 0. The van der Waals surface area contributed by atoms with Crippen molar-refractivity contribution in [2.75, 3.05) is 23.7 Å².